The average Bonchev–Trinajstić information content (AvgIpc) is 2.25. The number of carboxylic acid groups (broad SMARTS) is 1. The van der Waals surface area contributed by atoms with Gasteiger partial charge in [-0.05, 0) is 18.6 Å². The minimum absolute atomic E-state index is 0.0972. The number of hydrogen-bond acceptors (Lipinski definition) is 5. The predicted molar refractivity (Wildman–Crippen MR) is 66.1 cm³/mol. The van der Waals surface area contributed by atoms with Gasteiger partial charge in [0.2, 0.25) is 0 Å². The molecule has 7 heteroatoms. The van der Waals surface area contributed by atoms with Crippen LogP contribution in [0.25, 0.3) is 0 Å². The number of aliphatic hydroxyl groups excluding tert-OH is 4. The summed E-state index contributed by atoms with van der Waals surface area (Å²) in [5.41, 5.74) is 0. The Labute approximate surface area is 106 Å². The van der Waals surface area contributed by atoms with Gasteiger partial charge in [0.15, 0.2) is 5.05 Å². The summed E-state index contributed by atoms with van der Waals surface area (Å²) in [5, 5.41) is 41.2. The summed E-state index contributed by atoms with van der Waals surface area (Å²) in [4.78, 5) is 9.78. The molecule has 0 fully saturated rings. The van der Waals surface area contributed by atoms with E-state index in [-0.39, 0.29) is 6.61 Å². The fraction of sp³-hybridized carbons (Fsp3) is 0.800. The van der Waals surface area contributed by atoms with Gasteiger partial charge in [-0.25, -0.2) is 0 Å². The standard InChI is InChI=1S/C6H14O2.C4H6O4S/c1-2-3-4-6(8)5-7;5-2(4(8)9)1-3(6)7/h6-8H,2-5H2,1H3;2,5H,1H2,(H,6,7)(H,8,9). The van der Waals surface area contributed by atoms with Crippen molar-refractivity contribution in [3.63, 3.8) is 0 Å². The molecule has 0 aromatic rings. The van der Waals surface area contributed by atoms with Gasteiger partial charge < -0.3 is 25.5 Å². The summed E-state index contributed by atoms with van der Waals surface area (Å²) in [7, 11) is 0. The topological polar surface area (TPSA) is 118 Å². The van der Waals surface area contributed by atoms with E-state index in [0.29, 0.717) is 0 Å². The lowest BCUT2D eigenvalue weighted by atomic mass is 10.2. The molecule has 0 aliphatic carbocycles. The Morgan fingerprint density at radius 1 is 1.29 bits per heavy atom. The van der Waals surface area contributed by atoms with E-state index in [1.54, 1.807) is 0 Å². The molecule has 0 saturated carbocycles. The normalized spacial score (nSPS) is 13.2. The third-order valence-corrected chi connectivity index (χ3v) is 2.03. The molecule has 102 valence electrons. The molecule has 2 atom stereocenters. The highest BCUT2D eigenvalue weighted by atomic mass is 32.1. The number of rotatable bonds is 7. The van der Waals surface area contributed by atoms with Crippen LogP contribution in [-0.2, 0) is 4.79 Å². The zero-order valence-corrected chi connectivity index (χ0v) is 10.6. The molecule has 5 N–H and O–H groups in total. The lowest BCUT2D eigenvalue weighted by molar-refractivity contribution is -0.138. The average molecular weight is 268 g/mol. The molecule has 0 radical (unpaired) electrons. The van der Waals surface area contributed by atoms with Gasteiger partial charge in [-0.1, -0.05) is 19.8 Å². The molecule has 0 aliphatic heterocycles. The fourth-order valence-corrected chi connectivity index (χ4v) is 0.867. The molecule has 6 nitrogen and oxygen atoms in total. The van der Waals surface area contributed by atoms with Crippen LogP contribution in [0.4, 0.5) is 0 Å². The van der Waals surface area contributed by atoms with Crippen molar-refractivity contribution < 1.29 is 30.3 Å². The maximum atomic E-state index is 9.78. The quantitative estimate of drug-likeness (QED) is 0.420. The van der Waals surface area contributed by atoms with Crippen LogP contribution in [0.5, 0.6) is 0 Å². The molecule has 0 aliphatic rings. The molecule has 0 aromatic carbocycles. The van der Waals surface area contributed by atoms with E-state index in [1.165, 1.54) is 0 Å². The lowest BCUT2D eigenvalue weighted by Crippen LogP contribution is -2.21. The monoisotopic (exact) mass is 268 g/mol. The molecule has 0 aromatic heterocycles. The van der Waals surface area contributed by atoms with Crippen LogP contribution < -0.4 is 0 Å². The van der Waals surface area contributed by atoms with E-state index in [1.807, 2.05) is 0 Å². The van der Waals surface area contributed by atoms with Crippen LogP contribution in [0.3, 0.4) is 0 Å². The largest absolute Gasteiger partial charge is 0.500 e. The van der Waals surface area contributed by atoms with Gasteiger partial charge >= 0.3 is 5.97 Å². The first-order chi connectivity index (χ1) is 7.84. The Morgan fingerprint density at radius 2 is 1.82 bits per heavy atom. The van der Waals surface area contributed by atoms with Crippen molar-refractivity contribution >= 4 is 23.2 Å². The van der Waals surface area contributed by atoms with Crippen LogP contribution in [0.1, 0.15) is 32.6 Å². The third-order valence-electron chi connectivity index (χ3n) is 1.75. The van der Waals surface area contributed by atoms with E-state index in [9.17, 15) is 4.79 Å². The third kappa shape index (κ3) is 15.2. The van der Waals surface area contributed by atoms with E-state index in [2.05, 4.69) is 19.1 Å². The van der Waals surface area contributed by atoms with E-state index < -0.39 is 29.6 Å². The minimum atomic E-state index is -1.42. The van der Waals surface area contributed by atoms with Crippen molar-refractivity contribution in [2.45, 2.75) is 44.8 Å². The van der Waals surface area contributed by atoms with Crippen molar-refractivity contribution in [1.82, 2.24) is 0 Å². The first-order valence-electron chi connectivity index (χ1n) is 5.26. The molecule has 0 saturated heterocycles. The molecule has 0 amide bonds. The highest BCUT2D eigenvalue weighted by molar-refractivity contribution is 7.80. The molecule has 0 bridgehead atoms. The number of unbranched alkanes of at least 4 members (excludes halogenated alkanes) is 1. The zero-order valence-electron chi connectivity index (χ0n) is 9.74. The Hall–Kier alpha value is -0.760. The fourth-order valence-electron chi connectivity index (χ4n) is 0.784. The smallest absolute Gasteiger partial charge is 0.306 e. The summed E-state index contributed by atoms with van der Waals surface area (Å²) >= 11 is 4.08. The molecular formula is C10H20O6S. The van der Waals surface area contributed by atoms with Crippen molar-refractivity contribution in [2.24, 2.45) is 0 Å². The maximum Gasteiger partial charge on any atom is 0.306 e. The van der Waals surface area contributed by atoms with E-state index in [4.69, 9.17) is 25.5 Å². The summed E-state index contributed by atoms with van der Waals surface area (Å²) in [6.45, 7) is 1.96. The molecular weight excluding hydrogens is 248 g/mol. The first-order valence-corrected chi connectivity index (χ1v) is 5.67. The lowest BCUT2D eigenvalue weighted by Gasteiger charge is -2.02. The van der Waals surface area contributed by atoms with Crippen LogP contribution in [0.15, 0.2) is 0 Å². The van der Waals surface area contributed by atoms with Gasteiger partial charge in [0.1, 0.15) is 6.10 Å². The van der Waals surface area contributed by atoms with Crippen molar-refractivity contribution in [2.75, 3.05) is 6.61 Å². The summed E-state index contributed by atoms with van der Waals surface area (Å²) < 4.78 is 0. The SMILES string of the molecule is CCCCC(O)CO.O=C(O)CC(O)C(O)=S. The van der Waals surface area contributed by atoms with Gasteiger partial charge in [-0.3, -0.25) is 4.79 Å². The highest BCUT2D eigenvalue weighted by Crippen LogP contribution is 1.97. The molecule has 2 unspecified atom stereocenters. The Kier molecular flexibility index (Phi) is 12.8. The number of hydrogen-bond donors (Lipinski definition) is 5. The highest BCUT2D eigenvalue weighted by Gasteiger charge is 2.12. The zero-order chi connectivity index (χ0) is 13.8. The van der Waals surface area contributed by atoms with Crippen molar-refractivity contribution in [1.29, 1.82) is 0 Å². The van der Waals surface area contributed by atoms with Crippen LogP contribution in [-0.4, -0.2) is 55.4 Å². The van der Waals surface area contributed by atoms with Gasteiger partial charge in [-0.2, -0.15) is 0 Å². The number of aliphatic carboxylic acids is 1. The Bertz CT molecular complexity index is 221. The van der Waals surface area contributed by atoms with E-state index in [0.717, 1.165) is 19.3 Å². The summed E-state index contributed by atoms with van der Waals surface area (Å²) in [6.07, 6.45) is 0.355. The Balaban J connectivity index is 0. The van der Waals surface area contributed by atoms with Crippen LogP contribution >= 0.6 is 12.2 Å². The molecule has 0 rings (SSSR count). The number of aliphatic hydroxyl groups is 4. The van der Waals surface area contributed by atoms with Gasteiger partial charge in [0.05, 0.1) is 19.1 Å². The Morgan fingerprint density at radius 3 is 2.06 bits per heavy atom. The van der Waals surface area contributed by atoms with Gasteiger partial charge in [-0.15, -0.1) is 0 Å². The first kappa shape index (κ1) is 18.6. The van der Waals surface area contributed by atoms with Crippen LogP contribution in [0.2, 0.25) is 0 Å². The van der Waals surface area contributed by atoms with Crippen molar-refractivity contribution in [3.05, 3.63) is 0 Å². The number of carboxylic acids is 1. The molecule has 17 heavy (non-hydrogen) atoms. The molecule has 0 spiro atoms. The number of carbonyl (C=O) groups is 1. The second-order valence-corrected chi connectivity index (χ2v) is 3.85. The second-order valence-electron chi connectivity index (χ2n) is 3.43. The maximum absolute atomic E-state index is 9.78. The van der Waals surface area contributed by atoms with Gasteiger partial charge in [0.25, 0.3) is 0 Å². The number of thiocarbonyl (C=S) groups is 1. The minimum Gasteiger partial charge on any atom is -0.500 e. The summed E-state index contributed by atoms with van der Waals surface area (Å²) in [6, 6.07) is 0. The van der Waals surface area contributed by atoms with E-state index >= 15 is 0 Å². The molecule has 0 heterocycles. The second kappa shape index (κ2) is 11.7. The van der Waals surface area contributed by atoms with Crippen molar-refractivity contribution in [3.8, 4) is 0 Å². The van der Waals surface area contributed by atoms with Gasteiger partial charge in [0, 0.05) is 0 Å². The van der Waals surface area contributed by atoms with Crippen LogP contribution in [0, 0.1) is 0 Å². The predicted octanol–water partition coefficient (Wildman–Crippen LogP) is 0.237. The summed E-state index contributed by atoms with van der Waals surface area (Å²) in [5.74, 6) is -1.20.